The van der Waals surface area contributed by atoms with Crippen LogP contribution in [0.3, 0.4) is 0 Å². The summed E-state index contributed by atoms with van der Waals surface area (Å²) in [6.45, 7) is 8.83. The number of nitrogens with one attached hydrogen (secondary N) is 1. The minimum atomic E-state index is -0.436. The van der Waals surface area contributed by atoms with Crippen molar-refractivity contribution in [2.75, 3.05) is 11.9 Å². The fourth-order valence-electron chi connectivity index (χ4n) is 3.94. The molecule has 1 fully saturated rings. The SMILES string of the molecule is CCC(CCNc1nc(C)nc(C)c1-c1nc2c(C)nccc2s1)C1(O)CC1. The van der Waals surface area contributed by atoms with Crippen LogP contribution in [-0.4, -0.2) is 37.2 Å². The fourth-order valence-corrected chi connectivity index (χ4v) is 5.05. The first-order chi connectivity index (χ1) is 13.4. The molecule has 1 saturated carbocycles. The largest absolute Gasteiger partial charge is 0.390 e. The summed E-state index contributed by atoms with van der Waals surface area (Å²) in [7, 11) is 0. The van der Waals surface area contributed by atoms with Gasteiger partial charge in [0.2, 0.25) is 0 Å². The zero-order chi connectivity index (χ0) is 19.9. The number of pyridine rings is 1. The average molecular weight is 398 g/mol. The molecule has 1 aliphatic carbocycles. The molecule has 4 rings (SSSR count). The standard InChI is InChI=1S/C21H27N5OS/c1-5-15(21(27)8-9-21)6-10-23-19-17(12(2)24-14(4)25-19)20-26-18-13(3)22-11-7-16(18)28-20/h7,11,15,27H,5-6,8-10H2,1-4H3,(H,23,24,25). The van der Waals surface area contributed by atoms with E-state index in [1.807, 2.05) is 33.0 Å². The molecule has 1 atom stereocenters. The predicted octanol–water partition coefficient (Wildman–Crippen LogP) is 4.43. The summed E-state index contributed by atoms with van der Waals surface area (Å²) in [6.07, 6.45) is 5.61. The maximum atomic E-state index is 10.4. The second-order valence-electron chi connectivity index (χ2n) is 7.77. The second kappa shape index (κ2) is 7.37. The molecule has 6 nitrogen and oxygen atoms in total. The normalized spacial score (nSPS) is 16.3. The molecule has 0 radical (unpaired) electrons. The molecule has 3 aromatic rings. The molecule has 3 heterocycles. The average Bonchev–Trinajstić information content (AvgIpc) is 3.23. The van der Waals surface area contributed by atoms with Crippen molar-refractivity contribution < 1.29 is 5.11 Å². The molecule has 0 bridgehead atoms. The van der Waals surface area contributed by atoms with E-state index < -0.39 is 5.60 Å². The number of fused-ring (bicyclic) bond motifs is 1. The molecule has 3 aromatic heterocycles. The predicted molar refractivity (Wildman–Crippen MR) is 114 cm³/mol. The lowest BCUT2D eigenvalue weighted by molar-refractivity contribution is 0.0766. The van der Waals surface area contributed by atoms with Gasteiger partial charge in [-0.3, -0.25) is 4.98 Å². The summed E-state index contributed by atoms with van der Waals surface area (Å²) in [5, 5.41) is 14.9. The maximum absolute atomic E-state index is 10.4. The molecule has 0 aromatic carbocycles. The topological polar surface area (TPSA) is 83.8 Å². The van der Waals surface area contributed by atoms with Crippen LogP contribution >= 0.6 is 11.3 Å². The van der Waals surface area contributed by atoms with E-state index in [1.165, 1.54) is 0 Å². The number of thiazole rings is 1. The minimum absolute atomic E-state index is 0.337. The first-order valence-electron chi connectivity index (χ1n) is 9.95. The van der Waals surface area contributed by atoms with Gasteiger partial charge in [0.25, 0.3) is 0 Å². The molecule has 0 saturated heterocycles. The van der Waals surface area contributed by atoms with Crippen LogP contribution in [0.25, 0.3) is 20.8 Å². The van der Waals surface area contributed by atoms with Gasteiger partial charge in [-0.1, -0.05) is 13.3 Å². The molecule has 0 amide bonds. The molecule has 148 valence electrons. The number of aliphatic hydroxyl groups is 1. The zero-order valence-corrected chi connectivity index (χ0v) is 17.7. The Labute approximate surface area is 169 Å². The van der Waals surface area contributed by atoms with Crippen LogP contribution in [0.15, 0.2) is 12.3 Å². The smallest absolute Gasteiger partial charge is 0.140 e. The number of hydrogen-bond acceptors (Lipinski definition) is 7. The highest BCUT2D eigenvalue weighted by atomic mass is 32.1. The number of aryl methyl sites for hydroxylation is 3. The summed E-state index contributed by atoms with van der Waals surface area (Å²) in [6, 6.07) is 2.00. The Morgan fingerprint density at radius 2 is 1.96 bits per heavy atom. The van der Waals surface area contributed by atoms with Crippen LogP contribution in [0.1, 0.15) is 49.8 Å². The van der Waals surface area contributed by atoms with Gasteiger partial charge in [-0.15, -0.1) is 11.3 Å². The van der Waals surface area contributed by atoms with Gasteiger partial charge in [-0.05, 0) is 52.0 Å². The molecular weight excluding hydrogens is 370 g/mol. The summed E-state index contributed by atoms with van der Waals surface area (Å²) in [5.41, 5.74) is 3.32. The third kappa shape index (κ3) is 3.61. The Balaban J connectivity index is 1.63. The monoisotopic (exact) mass is 397 g/mol. The van der Waals surface area contributed by atoms with Gasteiger partial charge in [0.1, 0.15) is 22.2 Å². The van der Waals surface area contributed by atoms with Crippen molar-refractivity contribution in [1.29, 1.82) is 0 Å². The molecule has 2 N–H and O–H groups in total. The quantitative estimate of drug-likeness (QED) is 0.614. The maximum Gasteiger partial charge on any atom is 0.140 e. The van der Waals surface area contributed by atoms with Gasteiger partial charge in [0, 0.05) is 12.7 Å². The number of rotatable bonds is 7. The van der Waals surface area contributed by atoms with E-state index >= 15 is 0 Å². The van der Waals surface area contributed by atoms with Crippen molar-refractivity contribution in [2.24, 2.45) is 5.92 Å². The summed E-state index contributed by atoms with van der Waals surface area (Å²) < 4.78 is 1.12. The van der Waals surface area contributed by atoms with Crippen LogP contribution in [0.4, 0.5) is 5.82 Å². The van der Waals surface area contributed by atoms with E-state index in [0.717, 1.165) is 76.0 Å². The summed E-state index contributed by atoms with van der Waals surface area (Å²) in [5.74, 6) is 1.91. The molecule has 28 heavy (non-hydrogen) atoms. The van der Waals surface area contributed by atoms with Crippen molar-refractivity contribution in [1.82, 2.24) is 19.9 Å². The minimum Gasteiger partial charge on any atom is -0.390 e. The molecule has 0 spiro atoms. The first-order valence-corrected chi connectivity index (χ1v) is 10.8. The highest BCUT2D eigenvalue weighted by Crippen LogP contribution is 2.45. The number of aromatic nitrogens is 4. The van der Waals surface area contributed by atoms with Crippen LogP contribution in [-0.2, 0) is 0 Å². The lowest BCUT2D eigenvalue weighted by Crippen LogP contribution is -2.24. The molecule has 1 aliphatic rings. The van der Waals surface area contributed by atoms with E-state index in [4.69, 9.17) is 4.98 Å². The summed E-state index contributed by atoms with van der Waals surface area (Å²) >= 11 is 1.65. The van der Waals surface area contributed by atoms with Crippen molar-refractivity contribution in [3.05, 3.63) is 29.5 Å². The summed E-state index contributed by atoms with van der Waals surface area (Å²) in [4.78, 5) is 18.4. The number of nitrogens with zero attached hydrogens (tertiary/aromatic N) is 4. The second-order valence-corrected chi connectivity index (χ2v) is 8.80. The third-order valence-electron chi connectivity index (χ3n) is 5.71. The van der Waals surface area contributed by atoms with Gasteiger partial charge in [0.15, 0.2) is 0 Å². The van der Waals surface area contributed by atoms with E-state index in [2.05, 4.69) is 27.2 Å². The van der Waals surface area contributed by atoms with E-state index in [9.17, 15) is 5.11 Å². The van der Waals surface area contributed by atoms with Gasteiger partial charge in [-0.2, -0.15) is 0 Å². The first kappa shape index (κ1) is 19.2. The van der Waals surface area contributed by atoms with E-state index in [-0.39, 0.29) is 0 Å². The van der Waals surface area contributed by atoms with Crippen LogP contribution < -0.4 is 5.32 Å². The lowest BCUT2D eigenvalue weighted by Gasteiger charge is -2.21. The van der Waals surface area contributed by atoms with Crippen LogP contribution in [0.5, 0.6) is 0 Å². The molecule has 0 aliphatic heterocycles. The number of hydrogen-bond donors (Lipinski definition) is 2. The highest BCUT2D eigenvalue weighted by Gasteiger charge is 2.46. The van der Waals surface area contributed by atoms with Crippen LogP contribution in [0, 0.1) is 26.7 Å². The van der Waals surface area contributed by atoms with Gasteiger partial charge >= 0.3 is 0 Å². The lowest BCUT2D eigenvalue weighted by atomic mass is 9.93. The molecular formula is C21H27N5OS. The Bertz CT molecular complexity index is 1010. The fraction of sp³-hybridized carbons (Fsp3) is 0.524. The highest BCUT2D eigenvalue weighted by molar-refractivity contribution is 7.21. The van der Waals surface area contributed by atoms with E-state index in [0.29, 0.717) is 5.92 Å². The van der Waals surface area contributed by atoms with Crippen molar-refractivity contribution in [3.8, 4) is 10.6 Å². The van der Waals surface area contributed by atoms with E-state index in [1.54, 1.807) is 11.3 Å². The Hall–Kier alpha value is -2.12. The van der Waals surface area contributed by atoms with Gasteiger partial charge < -0.3 is 10.4 Å². The molecule has 7 heteroatoms. The van der Waals surface area contributed by atoms with Gasteiger partial charge in [0.05, 0.1) is 27.3 Å². The Morgan fingerprint density at radius 3 is 2.64 bits per heavy atom. The Kier molecular flexibility index (Phi) is 5.05. The van der Waals surface area contributed by atoms with Gasteiger partial charge in [-0.25, -0.2) is 15.0 Å². The van der Waals surface area contributed by atoms with Crippen molar-refractivity contribution in [2.45, 2.75) is 59.0 Å². The number of anilines is 1. The third-order valence-corrected chi connectivity index (χ3v) is 6.74. The van der Waals surface area contributed by atoms with Crippen molar-refractivity contribution in [3.63, 3.8) is 0 Å². The molecule has 1 unspecified atom stereocenters. The van der Waals surface area contributed by atoms with Crippen molar-refractivity contribution >= 4 is 27.4 Å². The Morgan fingerprint density at radius 1 is 1.18 bits per heavy atom. The zero-order valence-electron chi connectivity index (χ0n) is 16.9. The van der Waals surface area contributed by atoms with Crippen LogP contribution in [0.2, 0.25) is 0 Å².